The molecule has 2 rings (SSSR count). The predicted octanol–water partition coefficient (Wildman–Crippen LogP) is 3.04. The van der Waals surface area contributed by atoms with Gasteiger partial charge in [-0.15, -0.1) is 0 Å². The maximum Gasteiger partial charge on any atom is 0.226 e. The molecule has 1 amide bonds. The molecule has 2 bridgehead atoms. The first-order valence-electron chi connectivity index (χ1n) is 6.50. The standard InChI is InChI=1S/C14H23NO/c1-4-8-15-12(16)14-7-6-13(3,10-14)11(5-2)9-14/h5H,4,6-10H2,1-3H3,(H,15,16)/b11-5-. The summed E-state index contributed by atoms with van der Waals surface area (Å²) in [5.74, 6) is 0.301. The third-order valence-electron chi connectivity index (χ3n) is 4.55. The number of carbonyl (C=O) groups is 1. The lowest BCUT2D eigenvalue weighted by atomic mass is 9.78. The van der Waals surface area contributed by atoms with Crippen molar-refractivity contribution in [3.63, 3.8) is 0 Å². The van der Waals surface area contributed by atoms with Crippen LogP contribution in [0.15, 0.2) is 11.6 Å². The van der Waals surface area contributed by atoms with Crippen LogP contribution < -0.4 is 5.32 Å². The Kier molecular flexibility index (Phi) is 2.85. The Balaban J connectivity index is 2.14. The highest BCUT2D eigenvalue weighted by Gasteiger charge is 2.57. The van der Waals surface area contributed by atoms with Crippen LogP contribution in [0.5, 0.6) is 0 Å². The van der Waals surface area contributed by atoms with E-state index in [0.29, 0.717) is 11.3 Å². The fraction of sp³-hybridized carbons (Fsp3) is 0.786. The molecule has 0 aliphatic heterocycles. The number of hydrogen-bond acceptors (Lipinski definition) is 1. The molecule has 90 valence electrons. The average Bonchev–Trinajstić information content (AvgIpc) is 2.77. The van der Waals surface area contributed by atoms with E-state index in [1.807, 2.05) is 0 Å². The number of fused-ring (bicyclic) bond motifs is 2. The molecule has 2 unspecified atom stereocenters. The molecule has 1 N–H and O–H groups in total. The Morgan fingerprint density at radius 2 is 2.25 bits per heavy atom. The Bertz CT molecular complexity index is 334. The van der Waals surface area contributed by atoms with Gasteiger partial charge < -0.3 is 5.32 Å². The zero-order valence-corrected chi connectivity index (χ0v) is 10.7. The van der Waals surface area contributed by atoms with E-state index in [9.17, 15) is 4.79 Å². The summed E-state index contributed by atoms with van der Waals surface area (Å²) in [5.41, 5.74) is 1.76. The van der Waals surface area contributed by atoms with Crippen molar-refractivity contribution < 1.29 is 4.79 Å². The quantitative estimate of drug-likeness (QED) is 0.729. The van der Waals surface area contributed by atoms with Crippen molar-refractivity contribution in [3.8, 4) is 0 Å². The fourth-order valence-corrected chi connectivity index (χ4v) is 3.59. The third-order valence-corrected chi connectivity index (χ3v) is 4.55. The average molecular weight is 221 g/mol. The van der Waals surface area contributed by atoms with Crippen LogP contribution in [0.3, 0.4) is 0 Å². The summed E-state index contributed by atoms with van der Waals surface area (Å²) in [4.78, 5) is 12.2. The van der Waals surface area contributed by atoms with Gasteiger partial charge >= 0.3 is 0 Å². The lowest BCUT2D eigenvalue weighted by Crippen LogP contribution is -2.38. The molecule has 0 aromatic heterocycles. The minimum atomic E-state index is -0.0637. The minimum Gasteiger partial charge on any atom is -0.356 e. The lowest BCUT2D eigenvalue weighted by Gasteiger charge is -2.27. The number of allylic oxidation sites excluding steroid dienone is 2. The van der Waals surface area contributed by atoms with Gasteiger partial charge in [-0.25, -0.2) is 0 Å². The number of amides is 1. The van der Waals surface area contributed by atoms with Crippen LogP contribution in [0.4, 0.5) is 0 Å². The van der Waals surface area contributed by atoms with Crippen molar-refractivity contribution >= 4 is 5.91 Å². The molecule has 2 nitrogen and oxygen atoms in total. The molecule has 2 fully saturated rings. The normalized spacial score (nSPS) is 39.3. The van der Waals surface area contributed by atoms with E-state index >= 15 is 0 Å². The molecule has 0 aromatic rings. The molecule has 2 aliphatic carbocycles. The fourth-order valence-electron chi connectivity index (χ4n) is 3.59. The molecule has 0 radical (unpaired) electrons. The second kappa shape index (κ2) is 3.90. The van der Waals surface area contributed by atoms with Crippen LogP contribution in [-0.2, 0) is 4.79 Å². The van der Waals surface area contributed by atoms with Crippen molar-refractivity contribution in [2.24, 2.45) is 10.8 Å². The van der Waals surface area contributed by atoms with Gasteiger partial charge in [0.05, 0.1) is 5.41 Å². The van der Waals surface area contributed by atoms with Crippen molar-refractivity contribution in [2.45, 2.75) is 52.9 Å². The van der Waals surface area contributed by atoms with E-state index in [4.69, 9.17) is 0 Å². The van der Waals surface area contributed by atoms with E-state index in [1.165, 1.54) is 12.0 Å². The Hall–Kier alpha value is -0.790. The molecule has 2 aliphatic rings. The van der Waals surface area contributed by atoms with Gasteiger partial charge in [-0.1, -0.05) is 25.5 Å². The first kappa shape index (κ1) is 11.7. The maximum atomic E-state index is 12.2. The molecule has 2 heteroatoms. The number of nitrogens with one attached hydrogen (secondary N) is 1. The van der Waals surface area contributed by atoms with Crippen molar-refractivity contribution in [3.05, 3.63) is 11.6 Å². The van der Waals surface area contributed by atoms with Gasteiger partial charge in [-0.05, 0) is 44.4 Å². The molecule has 0 heterocycles. The van der Waals surface area contributed by atoms with Gasteiger partial charge in [0, 0.05) is 6.54 Å². The predicted molar refractivity (Wildman–Crippen MR) is 66.1 cm³/mol. The van der Waals surface area contributed by atoms with Gasteiger partial charge in [0.1, 0.15) is 0 Å². The van der Waals surface area contributed by atoms with E-state index in [0.717, 1.165) is 32.2 Å². The van der Waals surface area contributed by atoms with E-state index in [1.54, 1.807) is 0 Å². The van der Waals surface area contributed by atoms with Crippen LogP contribution in [0.1, 0.15) is 52.9 Å². The van der Waals surface area contributed by atoms with Crippen LogP contribution in [-0.4, -0.2) is 12.5 Å². The summed E-state index contributed by atoms with van der Waals surface area (Å²) in [7, 11) is 0. The molecule has 0 aromatic carbocycles. The topological polar surface area (TPSA) is 29.1 Å². The van der Waals surface area contributed by atoms with Gasteiger partial charge in [0.2, 0.25) is 5.91 Å². The Morgan fingerprint density at radius 1 is 1.50 bits per heavy atom. The smallest absolute Gasteiger partial charge is 0.226 e. The molecule has 2 atom stereocenters. The zero-order valence-electron chi connectivity index (χ0n) is 10.7. The first-order chi connectivity index (χ1) is 7.56. The number of rotatable bonds is 3. The van der Waals surface area contributed by atoms with E-state index < -0.39 is 0 Å². The van der Waals surface area contributed by atoms with Gasteiger partial charge in [0.25, 0.3) is 0 Å². The first-order valence-corrected chi connectivity index (χ1v) is 6.50. The summed E-state index contributed by atoms with van der Waals surface area (Å²) >= 11 is 0. The highest BCUT2D eigenvalue weighted by Crippen LogP contribution is 2.64. The van der Waals surface area contributed by atoms with Crippen molar-refractivity contribution in [1.82, 2.24) is 5.32 Å². The summed E-state index contributed by atoms with van der Waals surface area (Å²) in [6, 6.07) is 0. The maximum absolute atomic E-state index is 12.2. The summed E-state index contributed by atoms with van der Waals surface area (Å²) in [5, 5.41) is 3.09. The second-order valence-corrected chi connectivity index (χ2v) is 5.76. The van der Waals surface area contributed by atoms with Crippen LogP contribution in [0.25, 0.3) is 0 Å². The largest absolute Gasteiger partial charge is 0.356 e. The summed E-state index contributed by atoms with van der Waals surface area (Å²) in [6.07, 6.45) is 7.58. The monoisotopic (exact) mass is 221 g/mol. The SMILES string of the molecule is C/C=C1/CC2(C(=O)NCCC)CCC1(C)C2. The minimum absolute atomic E-state index is 0.0637. The van der Waals surface area contributed by atoms with Crippen LogP contribution in [0.2, 0.25) is 0 Å². The van der Waals surface area contributed by atoms with Crippen molar-refractivity contribution in [2.75, 3.05) is 6.54 Å². The van der Waals surface area contributed by atoms with Crippen LogP contribution >= 0.6 is 0 Å². The van der Waals surface area contributed by atoms with Crippen molar-refractivity contribution in [1.29, 1.82) is 0 Å². The molecule has 2 saturated carbocycles. The number of carbonyl (C=O) groups excluding carboxylic acids is 1. The summed E-state index contributed by atoms with van der Waals surface area (Å²) < 4.78 is 0. The van der Waals surface area contributed by atoms with Gasteiger partial charge in [0.15, 0.2) is 0 Å². The lowest BCUT2D eigenvalue weighted by molar-refractivity contribution is -0.130. The zero-order chi connectivity index (χ0) is 11.8. The third kappa shape index (κ3) is 1.59. The molecular weight excluding hydrogens is 198 g/mol. The molecule has 0 saturated heterocycles. The van der Waals surface area contributed by atoms with E-state index in [-0.39, 0.29) is 5.41 Å². The Morgan fingerprint density at radius 3 is 2.81 bits per heavy atom. The summed E-state index contributed by atoms with van der Waals surface area (Å²) in [6.45, 7) is 7.36. The van der Waals surface area contributed by atoms with Crippen LogP contribution in [0, 0.1) is 10.8 Å². The second-order valence-electron chi connectivity index (χ2n) is 5.76. The highest BCUT2D eigenvalue weighted by atomic mass is 16.2. The molecule has 16 heavy (non-hydrogen) atoms. The van der Waals surface area contributed by atoms with Gasteiger partial charge in [-0.2, -0.15) is 0 Å². The van der Waals surface area contributed by atoms with Gasteiger partial charge in [-0.3, -0.25) is 4.79 Å². The number of hydrogen-bond donors (Lipinski definition) is 1. The molecular formula is C14H23NO. The van der Waals surface area contributed by atoms with E-state index in [2.05, 4.69) is 32.2 Å². The Labute approximate surface area is 98.5 Å². The highest BCUT2D eigenvalue weighted by molar-refractivity contribution is 5.84. The molecule has 0 spiro atoms.